The molecule has 0 aliphatic carbocycles. The number of benzene rings is 2. The number of sulfonamides is 1. The average Bonchev–Trinajstić information content (AvgIpc) is 3.38. The molecule has 1 atom stereocenters. The van der Waals surface area contributed by atoms with Crippen molar-refractivity contribution in [2.24, 2.45) is 5.92 Å². The van der Waals surface area contributed by atoms with Crippen molar-refractivity contribution in [3.05, 3.63) is 53.2 Å². The van der Waals surface area contributed by atoms with Crippen LogP contribution in [-0.2, 0) is 15.4 Å². The van der Waals surface area contributed by atoms with Gasteiger partial charge in [0.1, 0.15) is 0 Å². The SMILES string of the molecule is COc1c(NC(=O)c2ccc(C)c(-n3cc(OC(=O)NCC4CCCN(C)C4)nn3)c2)cc(C(C)(C)C)cc1NS(C)(=O)=O. The molecular weight excluding hydrogens is 586 g/mol. The zero-order valence-corrected chi connectivity index (χ0v) is 27.0. The van der Waals surface area contributed by atoms with Gasteiger partial charge in [0.15, 0.2) is 5.75 Å². The average molecular weight is 628 g/mol. The Hall–Kier alpha value is -4.17. The Morgan fingerprint density at radius 1 is 1.14 bits per heavy atom. The Bertz CT molecular complexity index is 1630. The predicted octanol–water partition coefficient (Wildman–Crippen LogP) is 3.94. The number of hydrogen-bond donors (Lipinski definition) is 3. The van der Waals surface area contributed by atoms with Gasteiger partial charge in [0.25, 0.3) is 11.8 Å². The van der Waals surface area contributed by atoms with E-state index in [1.165, 1.54) is 18.0 Å². The third-order valence-electron chi connectivity index (χ3n) is 7.35. The monoisotopic (exact) mass is 627 g/mol. The maximum Gasteiger partial charge on any atom is 0.414 e. The largest absolute Gasteiger partial charge is 0.492 e. The zero-order chi connectivity index (χ0) is 32.2. The number of aromatic nitrogens is 3. The maximum absolute atomic E-state index is 13.5. The summed E-state index contributed by atoms with van der Waals surface area (Å²) in [6.07, 6.45) is 4.06. The number of piperidine rings is 1. The molecule has 1 aliphatic heterocycles. The van der Waals surface area contributed by atoms with Gasteiger partial charge in [0, 0.05) is 18.7 Å². The Kier molecular flexibility index (Phi) is 9.84. The molecule has 14 heteroatoms. The normalized spacial score (nSPS) is 15.8. The van der Waals surface area contributed by atoms with Crippen LogP contribution in [0.2, 0.25) is 0 Å². The number of carbonyl (C=O) groups is 2. The number of aryl methyl sites for hydroxylation is 1. The van der Waals surface area contributed by atoms with Crippen LogP contribution in [0.4, 0.5) is 16.2 Å². The van der Waals surface area contributed by atoms with Crippen molar-refractivity contribution >= 4 is 33.4 Å². The lowest BCUT2D eigenvalue weighted by molar-refractivity contribution is 0.102. The maximum atomic E-state index is 13.5. The first kappa shape index (κ1) is 32.7. The number of likely N-dealkylation sites (tertiary alicyclic amines) is 1. The number of amides is 2. The second-order valence-corrected chi connectivity index (χ2v) is 14.0. The van der Waals surface area contributed by atoms with Gasteiger partial charge in [-0.25, -0.2) is 17.9 Å². The molecule has 0 spiro atoms. The molecule has 2 heterocycles. The van der Waals surface area contributed by atoms with E-state index in [4.69, 9.17) is 9.47 Å². The Balaban J connectivity index is 1.52. The molecule has 1 unspecified atom stereocenters. The predicted molar refractivity (Wildman–Crippen MR) is 168 cm³/mol. The number of anilines is 2. The van der Waals surface area contributed by atoms with Crippen LogP contribution < -0.4 is 24.8 Å². The molecule has 44 heavy (non-hydrogen) atoms. The lowest BCUT2D eigenvalue weighted by atomic mass is 9.86. The number of methoxy groups -OCH3 is 1. The second kappa shape index (κ2) is 13.2. The Morgan fingerprint density at radius 3 is 2.52 bits per heavy atom. The van der Waals surface area contributed by atoms with Crippen LogP contribution in [0.3, 0.4) is 0 Å². The topological polar surface area (TPSA) is 157 Å². The summed E-state index contributed by atoms with van der Waals surface area (Å²) in [5.41, 5.74) is 2.62. The summed E-state index contributed by atoms with van der Waals surface area (Å²) in [7, 11) is -0.151. The van der Waals surface area contributed by atoms with Crippen LogP contribution >= 0.6 is 0 Å². The van der Waals surface area contributed by atoms with Crippen molar-refractivity contribution < 1.29 is 27.5 Å². The molecule has 4 rings (SSSR count). The van der Waals surface area contributed by atoms with Gasteiger partial charge < -0.3 is 25.0 Å². The van der Waals surface area contributed by atoms with Crippen LogP contribution in [0.1, 0.15) is 55.1 Å². The van der Waals surface area contributed by atoms with E-state index in [0.29, 0.717) is 29.4 Å². The van der Waals surface area contributed by atoms with E-state index in [2.05, 4.69) is 37.6 Å². The van der Waals surface area contributed by atoms with E-state index >= 15 is 0 Å². The van der Waals surface area contributed by atoms with Crippen LogP contribution in [-0.4, -0.2) is 80.4 Å². The van der Waals surface area contributed by atoms with Crippen LogP contribution in [0.25, 0.3) is 5.69 Å². The number of carbonyl (C=O) groups excluding carboxylic acids is 2. The molecule has 1 aliphatic rings. The van der Waals surface area contributed by atoms with Gasteiger partial charge in [0.05, 0.1) is 36.6 Å². The first-order chi connectivity index (χ1) is 20.6. The van der Waals surface area contributed by atoms with Crippen LogP contribution in [0.5, 0.6) is 11.6 Å². The molecule has 13 nitrogen and oxygen atoms in total. The summed E-state index contributed by atoms with van der Waals surface area (Å²) >= 11 is 0. The standard InChI is InChI=1S/C30H41N7O6S/c1-19-10-11-21(28(38)32-23-14-22(30(2,3)4)15-24(27(23)42-6)34-44(7,40)41)13-25(19)37-18-26(33-35-37)43-29(39)31-16-20-9-8-12-36(5)17-20/h10-11,13-15,18,20,34H,8-9,12,16-17H2,1-7H3,(H,31,39)(H,32,38). The number of ether oxygens (including phenoxy) is 2. The van der Waals surface area contributed by atoms with Crippen LogP contribution in [0, 0.1) is 12.8 Å². The summed E-state index contributed by atoms with van der Waals surface area (Å²) in [5, 5.41) is 13.7. The fourth-order valence-corrected chi connectivity index (χ4v) is 5.60. The molecule has 3 N–H and O–H groups in total. The molecule has 3 aromatic rings. The third-order valence-corrected chi connectivity index (χ3v) is 7.94. The molecule has 1 saturated heterocycles. The lowest BCUT2D eigenvalue weighted by Gasteiger charge is -2.29. The van der Waals surface area contributed by atoms with Gasteiger partial charge >= 0.3 is 6.09 Å². The first-order valence-corrected chi connectivity index (χ1v) is 16.2. The molecule has 1 aromatic heterocycles. The molecule has 0 bridgehead atoms. The third kappa shape index (κ3) is 8.47. The summed E-state index contributed by atoms with van der Waals surface area (Å²) < 4.78 is 38.9. The highest BCUT2D eigenvalue weighted by atomic mass is 32.2. The molecule has 2 amide bonds. The van der Waals surface area contributed by atoms with Crippen molar-refractivity contribution in [3.63, 3.8) is 0 Å². The van der Waals surface area contributed by atoms with E-state index in [1.807, 2.05) is 27.7 Å². The lowest BCUT2D eigenvalue weighted by Crippen LogP contribution is -2.39. The fourth-order valence-electron chi connectivity index (χ4n) is 5.05. The smallest absolute Gasteiger partial charge is 0.414 e. The van der Waals surface area contributed by atoms with Crippen molar-refractivity contribution in [1.82, 2.24) is 25.2 Å². The van der Waals surface area contributed by atoms with E-state index < -0.39 is 22.0 Å². The zero-order valence-electron chi connectivity index (χ0n) is 26.2. The number of nitrogens with zero attached hydrogens (tertiary/aromatic N) is 4. The van der Waals surface area contributed by atoms with Crippen molar-refractivity contribution in [2.45, 2.75) is 46.0 Å². The molecule has 238 valence electrons. The van der Waals surface area contributed by atoms with Gasteiger partial charge in [-0.05, 0) is 80.1 Å². The van der Waals surface area contributed by atoms with E-state index in [9.17, 15) is 18.0 Å². The summed E-state index contributed by atoms with van der Waals surface area (Å²) in [6.45, 7) is 10.3. The quantitative estimate of drug-likeness (QED) is 0.320. The highest BCUT2D eigenvalue weighted by Gasteiger charge is 2.23. The molecule has 2 aromatic carbocycles. The molecular formula is C30H41N7O6S. The fraction of sp³-hybridized carbons (Fsp3) is 0.467. The van der Waals surface area contributed by atoms with Gasteiger partial charge in [-0.3, -0.25) is 9.52 Å². The van der Waals surface area contributed by atoms with Gasteiger partial charge in [-0.15, -0.1) is 0 Å². The van der Waals surface area contributed by atoms with E-state index in [0.717, 1.165) is 43.3 Å². The van der Waals surface area contributed by atoms with Crippen LogP contribution in [0.15, 0.2) is 36.5 Å². The van der Waals surface area contributed by atoms with Gasteiger partial charge in [0.2, 0.25) is 10.0 Å². The van der Waals surface area contributed by atoms with Gasteiger partial charge in [-0.2, -0.15) is 0 Å². The molecule has 0 saturated carbocycles. The van der Waals surface area contributed by atoms with E-state index in [1.54, 1.807) is 30.3 Å². The summed E-state index contributed by atoms with van der Waals surface area (Å²) in [5.74, 6) is 0.111. The van der Waals surface area contributed by atoms with E-state index in [-0.39, 0.29) is 22.7 Å². The highest BCUT2D eigenvalue weighted by Crippen LogP contribution is 2.39. The first-order valence-electron chi connectivity index (χ1n) is 14.3. The summed E-state index contributed by atoms with van der Waals surface area (Å²) in [6, 6.07) is 8.52. The van der Waals surface area contributed by atoms with Crippen molar-refractivity contribution in [2.75, 3.05) is 50.1 Å². The minimum atomic E-state index is -3.62. The number of nitrogens with one attached hydrogen (secondary N) is 3. The summed E-state index contributed by atoms with van der Waals surface area (Å²) in [4.78, 5) is 28.1. The van der Waals surface area contributed by atoms with Gasteiger partial charge in [-0.1, -0.05) is 37.1 Å². The van der Waals surface area contributed by atoms with Crippen molar-refractivity contribution in [1.29, 1.82) is 0 Å². The molecule has 1 fully saturated rings. The highest BCUT2D eigenvalue weighted by molar-refractivity contribution is 7.92. The number of rotatable bonds is 9. The second-order valence-electron chi connectivity index (χ2n) is 12.2. The number of hydrogen-bond acceptors (Lipinski definition) is 9. The minimum Gasteiger partial charge on any atom is -0.492 e. The minimum absolute atomic E-state index is 0.0205. The Morgan fingerprint density at radius 2 is 1.86 bits per heavy atom. The molecule has 0 radical (unpaired) electrons. The Labute approximate surface area is 258 Å². The van der Waals surface area contributed by atoms with Crippen molar-refractivity contribution in [3.8, 4) is 17.3 Å².